The summed E-state index contributed by atoms with van der Waals surface area (Å²) in [6, 6.07) is 7.65. The van der Waals surface area contributed by atoms with Crippen LogP contribution in [0.15, 0.2) is 24.3 Å². The lowest BCUT2D eigenvalue weighted by Gasteiger charge is -2.31. The van der Waals surface area contributed by atoms with Crippen molar-refractivity contribution in [3.05, 3.63) is 35.4 Å². The summed E-state index contributed by atoms with van der Waals surface area (Å²) in [7, 11) is 0. The zero-order valence-electron chi connectivity index (χ0n) is 11.0. The lowest BCUT2D eigenvalue weighted by Crippen LogP contribution is -2.45. The first-order valence-corrected chi connectivity index (χ1v) is 6.37. The van der Waals surface area contributed by atoms with E-state index in [-0.39, 0.29) is 6.54 Å². The molecular weight excluding hydrogens is 256 g/mol. The molecule has 0 saturated heterocycles. The van der Waals surface area contributed by atoms with E-state index in [1.165, 1.54) is 11.1 Å². The summed E-state index contributed by atoms with van der Waals surface area (Å²) in [6.07, 6.45) is 6.07. The van der Waals surface area contributed by atoms with Crippen molar-refractivity contribution in [3.8, 4) is 12.3 Å². The van der Waals surface area contributed by atoms with Crippen LogP contribution in [-0.4, -0.2) is 41.6 Å². The van der Waals surface area contributed by atoms with Gasteiger partial charge in [-0.2, -0.15) is 0 Å². The van der Waals surface area contributed by atoms with E-state index < -0.39 is 18.5 Å². The number of amides is 2. The second kappa shape index (κ2) is 6.11. The van der Waals surface area contributed by atoms with Gasteiger partial charge in [-0.15, -0.1) is 6.42 Å². The Kier molecular flexibility index (Phi) is 4.26. The fourth-order valence-corrected chi connectivity index (χ4v) is 2.34. The van der Waals surface area contributed by atoms with Gasteiger partial charge in [-0.05, 0) is 17.5 Å². The number of rotatable bonds is 5. The number of carboxylic acids is 1. The van der Waals surface area contributed by atoms with Crippen LogP contribution >= 0.6 is 0 Å². The van der Waals surface area contributed by atoms with Gasteiger partial charge in [0.2, 0.25) is 0 Å². The lowest BCUT2D eigenvalue weighted by atomic mass is 9.78. The van der Waals surface area contributed by atoms with Crippen molar-refractivity contribution in [3.63, 3.8) is 0 Å². The maximum absolute atomic E-state index is 11.9. The highest BCUT2D eigenvalue weighted by Gasteiger charge is 2.26. The number of nitrogens with one attached hydrogen (secondary N) is 1. The summed E-state index contributed by atoms with van der Waals surface area (Å²) in [6.45, 7) is 0.0905. The molecule has 0 heterocycles. The predicted octanol–water partition coefficient (Wildman–Crippen LogP) is 1.06. The van der Waals surface area contributed by atoms with E-state index in [1.54, 1.807) is 0 Å². The number of hydrogen-bond donors (Lipinski definition) is 2. The lowest BCUT2D eigenvalue weighted by molar-refractivity contribution is -0.137. The van der Waals surface area contributed by atoms with Crippen molar-refractivity contribution in [2.45, 2.75) is 12.3 Å². The van der Waals surface area contributed by atoms with E-state index in [0.29, 0.717) is 12.5 Å². The van der Waals surface area contributed by atoms with E-state index in [4.69, 9.17) is 11.5 Å². The Bertz CT molecular complexity index is 562. The van der Waals surface area contributed by atoms with Crippen molar-refractivity contribution in [2.24, 2.45) is 0 Å². The number of hydrogen-bond acceptors (Lipinski definition) is 2. The molecule has 1 aliphatic carbocycles. The van der Waals surface area contributed by atoms with E-state index in [2.05, 4.69) is 17.3 Å². The zero-order valence-corrected chi connectivity index (χ0v) is 11.0. The molecule has 0 spiro atoms. The molecule has 104 valence electrons. The highest BCUT2D eigenvalue weighted by molar-refractivity contribution is 5.80. The number of carboxylic acid groups (broad SMARTS) is 1. The first kappa shape index (κ1) is 13.9. The minimum absolute atomic E-state index is 0.0145. The van der Waals surface area contributed by atoms with Gasteiger partial charge in [-0.25, -0.2) is 4.79 Å². The molecular formula is C15H16N2O3. The SMILES string of the molecule is C#CCN(CC(=O)O)C(=O)NCC1Cc2ccccc21. The molecule has 2 rings (SSSR count). The second-order valence-electron chi connectivity index (χ2n) is 4.74. The van der Waals surface area contributed by atoms with E-state index in [0.717, 1.165) is 11.3 Å². The highest BCUT2D eigenvalue weighted by atomic mass is 16.4. The molecule has 5 heteroatoms. The molecule has 5 nitrogen and oxygen atoms in total. The van der Waals surface area contributed by atoms with Crippen LogP contribution in [0.1, 0.15) is 17.0 Å². The van der Waals surface area contributed by atoms with Gasteiger partial charge >= 0.3 is 12.0 Å². The Morgan fingerprint density at radius 3 is 2.85 bits per heavy atom. The molecule has 20 heavy (non-hydrogen) atoms. The quantitative estimate of drug-likeness (QED) is 0.787. The number of nitrogens with zero attached hydrogens (tertiary/aromatic N) is 1. The molecule has 2 amide bonds. The van der Waals surface area contributed by atoms with Crippen molar-refractivity contribution < 1.29 is 14.7 Å². The number of benzene rings is 1. The number of fused-ring (bicyclic) bond motifs is 1. The number of terminal acetylenes is 1. The molecule has 0 radical (unpaired) electrons. The topological polar surface area (TPSA) is 69.6 Å². The zero-order chi connectivity index (χ0) is 14.5. The van der Waals surface area contributed by atoms with Crippen molar-refractivity contribution in [2.75, 3.05) is 19.6 Å². The molecule has 1 atom stereocenters. The molecule has 2 N–H and O–H groups in total. The van der Waals surface area contributed by atoms with Crippen LogP contribution < -0.4 is 5.32 Å². The van der Waals surface area contributed by atoms with Crippen molar-refractivity contribution in [1.82, 2.24) is 10.2 Å². The standard InChI is InChI=1S/C15H16N2O3/c1-2-7-17(10-14(18)19)15(20)16-9-12-8-11-5-3-4-6-13(11)12/h1,3-6,12H,7-10H2,(H,16,20)(H,18,19). The van der Waals surface area contributed by atoms with Gasteiger partial charge in [0.1, 0.15) is 6.54 Å². The van der Waals surface area contributed by atoms with Gasteiger partial charge in [0.25, 0.3) is 0 Å². The summed E-state index contributed by atoms with van der Waals surface area (Å²) < 4.78 is 0. The van der Waals surface area contributed by atoms with Gasteiger partial charge in [0.15, 0.2) is 0 Å². The molecule has 0 fully saturated rings. The number of urea groups is 1. The number of carbonyl (C=O) groups excluding carboxylic acids is 1. The Labute approximate surface area is 117 Å². The Balaban J connectivity index is 1.86. The monoisotopic (exact) mass is 272 g/mol. The fraction of sp³-hybridized carbons (Fsp3) is 0.333. The molecule has 0 bridgehead atoms. The second-order valence-corrected chi connectivity index (χ2v) is 4.74. The molecule has 0 saturated carbocycles. The van der Waals surface area contributed by atoms with Gasteiger partial charge in [0.05, 0.1) is 6.54 Å². The largest absolute Gasteiger partial charge is 0.480 e. The molecule has 1 aliphatic rings. The third-order valence-electron chi connectivity index (χ3n) is 3.36. The van der Waals surface area contributed by atoms with Crippen LogP contribution in [-0.2, 0) is 11.2 Å². The molecule has 1 aromatic rings. The Morgan fingerprint density at radius 1 is 1.45 bits per heavy atom. The smallest absolute Gasteiger partial charge is 0.323 e. The van der Waals surface area contributed by atoms with E-state index in [9.17, 15) is 9.59 Å². The predicted molar refractivity (Wildman–Crippen MR) is 74.3 cm³/mol. The highest BCUT2D eigenvalue weighted by Crippen LogP contribution is 2.33. The average Bonchev–Trinajstić information content (AvgIpc) is 2.38. The average molecular weight is 272 g/mol. The van der Waals surface area contributed by atoms with Crippen LogP contribution in [0.25, 0.3) is 0 Å². The minimum Gasteiger partial charge on any atom is -0.480 e. The van der Waals surface area contributed by atoms with Crippen LogP contribution in [0.3, 0.4) is 0 Å². The van der Waals surface area contributed by atoms with Crippen LogP contribution in [0.2, 0.25) is 0 Å². The minimum atomic E-state index is -1.08. The maximum Gasteiger partial charge on any atom is 0.323 e. The van der Waals surface area contributed by atoms with Gasteiger partial charge in [-0.1, -0.05) is 30.2 Å². The van der Waals surface area contributed by atoms with Gasteiger partial charge in [-0.3, -0.25) is 4.79 Å². The summed E-state index contributed by atoms with van der Waals surface area (Å²) >= 11 is 0. The number of aliphatic carboxylic acids is 1. The summed E-state index contributed by atoms with van der Waals surface area (Å²) in [5.74, 6) is 1.51. The summed E-state index contributed by atoms with van der Waals surface area (Å²) in [5.41, 5.74) is 2.55. The molecule has 1 aromatic carbocycles. The van der Waals surface area contributed by atoms with Gasteiger partial charge in [0, 0.05) is 12.5 Å². The molecule has 0 aliphatic heterocycles. The fourth-order valence-electron chi connectivity index (χ4n) is 2.34. The third kappa shape index (κ3) is 3.09. The van der Waals surface area contributed by atoms with Crippen LogP contribution in [0.5, 0.6) is 0 Å². The summed E-state index contributed by atoms with van der Waals surface area (Å²) in [5, 5.41) is 11.5. The van der Waals surface area contributed by atoms with Crippen molar-refractivity contribution in [1.29, 1.82) is 0 Å². The van der Waals surface area contributed by atoms with Crippen LogP contribution in [0, 0.1) is 12.3 Å². The third-order valence-corrected chi connectivity index (χ3v) is 3.36. The van der Waals surface area contributed by atoms with E-state index in [1.807, 2.05) is 18.2 Å². The van der Waals surface area contributed by atoms with Gasteiger partial charge < -0.3 is 15.3 Å². The van der Waals surface area contributed by atoms with Crippen LogP contribution in [0.4, 0.5) is 4.79 Å². The number of carbonyl (C=O) groups is 2. The molecule has 1 unspecified atom stereocenters. The van der Waals surface area contributed by atoms with Crippen molar-refractivity contribution >= 4 is 12.0 Å². The summed E-state index contributed by atoms with van der Waals surface area (Å²) in [4.78, 5) is 23.7. The Hall–Kier alpha value is -2.48. The first-order valence-electron chi connectivity index (χ1n) is 6.37. The Morgan fingerprint density at radius 2 is 2.20 bits per heavy atom. The normalized spacial score (nSPS) is 15.4. The first-order chi connectivity index (χ1) is 9.61. The molecule has 0 aromatic heterocycles. The maximum atomic E-state index is 11.9. The van der Waals surface area contributed by atoms with E-state index >= 15 is 0 Å².